The van der Waals surface area contributed by atoms with Crippen LogP contribution in [0.1, 0.15) is 33.0 Å². The molecule has 3 aromatic rings. The number of benzene rings is 2. The Bertz CT molecular complexity index is 1090. The number of carboxylic acid groups (broad SMARTS) is 1. The average molecular weight is 403 g/mol. The monoisotopic (exact) mass is 403 g/mol. The molecule has 2 aromatic carbocycles. The fourth-order valence-electron chi connectivity index (χ4n) is 3.46. The summed E-state index contributed by atoms with van der Waals surface area (Å²) in [6, 6.07) is 16.3. The van der Waals surface area contributed by atoms with E-state index in [4.69, 9.17) is 9.84 Å². The molecule has 1 heterocycles. The van der Waals surface area contributed by atoms with Crippen LogP contribution in [-0.4, -0.2) is 30.3 Å². The fraction of sp³-hybridized carbons (Fsp3) is 0.130. The Balaban J connectivity index is 1.36. The van der Waals surface area contributed by atoms with E-state index in [0.717, 1.165) is 11.1 Å². The molecule has 1 amide bonds. The van der Waals surface area contributed by atoms with Crippen LogP contribution in [0.5, 0.6) is 0 Å². The number of hydrogen-bond donors (Lipinski definition) is 2. The second-order valence-electron chi connectivity index (χ2n) is 6.49. The van der Waals surface area contributed by atoms with Gasteiger partial charge in [0.05, 0.1) is 12.1 Å². The zero-order chi connectivity index (χ0) is 20.2. The summed E-state index contributed by atoms with van der Waals surface area (Å²) in [4.78, 5) is 23.1. The van der Waals surface area contributed by atoms with Crippen LogP contribution in [0, 0.1) is 11.8 Å². The molecular formula is C23H17NO4S. The van der Waals surface area contributed by atoms with Crippen molar-refractivity contribution in [2.45, 2.75) is 5.92 Å². The third-order valence-electron chi connectivity index (χ3n) is 4.78. The number of thiophene rings is 1. The van der Waals surface area contributed by atoms with Crippen molar-refractivity contribution in [1.82, 2.24) is 5.32 Å². The Labute approximate surface area is 172 Å². The minimum atomic E-state index is -1.01. The zero-order valence-electron chi connectivity index (χ0n) is 15.3. The van der Waals surface area contributed by atoms with E-state index in [-0.39, 0.29) is 24.6 Å². The quantitative estimate of drug-likeness (QED) is 0.636. The van der Waals surface area contributed by atoms with E-state index in [1.165, 1.54) is 27.8 Å². The van der Waals surface area contributed by atoms with Gasteiger partial charge >= 0.3 is 12.1 Å². The first-order valence-corrected chi connectivity index (χ1v) is 9.96. The second kappa shape index (κ2) is 8.21. The lowest BCUT2D eigenvalue weighted by atomic mass is 9.98. The van der Waals surface area contributed by atoms with Crippen LogP contribution in [0.2, 0.25) is 0 Å². The maximum absolute atomic E-state index is 12.1. The molecule has 1 aliphatic carbocycles. The number of hydrogen-bond acceptors (Lipinski definition) is 4. The number of ether oxygens (including phenoxy) is 1. The molecule has 0 fully saturated rings. The molecule has 0 spiro atoms. The standard InChI is InChI=1S/C23H17NO4S/c25-22(26)21-14-29-13-15(21)6-5-11-24-23(27)28-12-20-18-9-3-1-7-16(18)17-8-2-4-10-19(17)20/h1-4,7-10,13-14,20H,11-12H2,(H,24,27)(H,25,26). The number of fused-ring (bicyclic) bond motifs is 3. The molecule has 0 radical (unpaired) electrons. The highest BCUT2D eigenvalue weighted by Crippen LogP contribution is 2.44. The maximum Gasteiger partial charge on any atom is 0.407 e. The fourth-order valence-corrected chi connectivity index (χ4v) is 4.22. The van der Waals surface area contributed by atoms with Gasteiger partial charge in [0.25, 0.3) is 0 Å². The molecule has 2 N–H and O–H groups in total. The third-order valence-corrected chi connectivity index (χ3v) is 5.52. The van der Waals surface area contributed by atoms with Crippen molar-refractivity contribution in [2.75, 3.05) is 13.2 Å². The van der Waals surface area contributed by atoms with Gasteiger partial charge in [-0.3, -0.25) is 0 Å². The summed E-state index contributed by atoms with van der Waals surface area (Å²) in [5.74, 6) is 4.51. The lowest BCUT2D eigenvalue weighted by Crippen LogP contribution is -2.26. The number of rotatable bonds is 4. The number of alkyl carbamates (subject to hydrolysis) is 1. The molecule has 0 saturated carbocycles. The first-order chi connectivity index (χ1) is 14.1. The van der Waals surface area contributed by atoms with Crippen molar-refractivity contribution >= 4 is 23.4 Å². The van der Waals surface area contributed by atoms with E-state index in [0.29, 0.717) is 5.56 Å². The molecule has 0 atom stereocenters. The number of amides is 1. The summed E-state index contributed by atoms with van der Waals surface area (Å²) >= 11 is 1.27. The van der Waals surface area contributed by atoms with Crippen LogP contribution in [0.4, 0.5) is 4.79 Å². The van der Waals surface area contributed by atoms with Crippen molar-refractivity contribution in [3.8, 4) is 23.0 Å². The van der Waals surface area contributed by atoms with E-state index in [2.05, 4.69) is 41.4 Å². The van der Waals surface area contributed by atoms with Gasteiger partial charge in [-0.05, 0) is 22.3 Å². The Morgan fingerprint density at radius 1 is 1.03 bits per heavy atom. The van der Waals surface area contributed by atoms with Crippen LogP contribution in [0.25, 0.3) is 11.1 Å². The van der Waals surface area contributed by atoms with E-state index in [1.54, 1.807) is 5.38 Å². The zero-order valence-corrected chi connectivity index (χ0v) is 16.2. The smallest absolute Gasteiger partial charge is 0.407 e. The molecule has 6 heteroatoms. The van der Waals surface area contributed by atoms with E-state index in [9.17, 15) is 9.59 Å². The van der Waals surface area contributed by atoms with Gasteiger partial charge in [0.15, 0.2) is 0 Å². The molecule has 0 saturated heterocycles. The molecule has 144 valence electrons. The molecule has 0 aliphatic heterocycles. The molecule has 4 rings (SSSR count). The molecule has 5 nitrogen and oxygen atoms in total. The normalized spacial score (nSPS) is 11.7. The summed E-state index contributed by atoms with van der Waals surface area (Å²) in [7, 11) is 0. The van der Waals surface area contributed by atoms with E-state index < -0.39 is 12.1 Å². The molecule has 0 unspecified atom stereocenters. The topological polar surface area (TPSA) is 75.6 Å². The molecule has 1 aromatic heterocycles. The average Bonchev–Trinajstić information content (AvgIpc) is 3.33. The first-order valence-electron chi connectivity index (χ1n) is 9.02. The SMILES string of the molecule is O=C(NCC#Cc1cscc1C(=O)O)OCC1c2ccccc2-c2ccccc21. The van der Waals surface area contributed by atoms with Gasteiger partial charge in [-0.2, -0.15) is 11.3 Å². The van der Waals surface area contributed by atoms with Crippen LogP contribution in [-0.2, 0) is 4.74 Å². The van der Waals surface area contributed by atoms with Gasteiger partial charge in [-0.15, -0.1) is 0 Å². The minimum absolute atomic E-state index is 0.00293. The summed E-state index contributed by atoms with van der Waals surface area (Å²) in [6.07, 6.45) is -0.551. The van der Waals surface area contributed by atoms with Crippen LogP contribution < -0.4 is 5.32 Å². The van der Waals surface area contributed by atoms with Crippen molar-refractivity contribution in [1.29, 1.82) is 0 Å². The molecular weight excluding hydrogens is 386 g/mol. The highest BCUT2D eigenvalue weighted by Gasteiger charge is 2.28. The van der Waals surface area contributed by atoms with E-state index >= 15 is 0 Å². The number of carbonyl (C=O) groups excluding carboxylic acids is 1. The molecule has 29 heavy (non-hydrogen) atoms. The van der Waals surface area contributed by atoms with Gasteiger partial charge in [-0.25, -0.2) is 9.59 Å². The third kappa shape index (κ3) is 3.86. The highest BCUT2D eigenvalue weighted by molar-refractivity contribution is 7.08. The minimum Gasteiger partial charge on any atom is -0.478 e. The van der Waals surface area contributed by atoms with Gasteiger partial charge in [0, 0.05) is 22.2 Å². The van der Waals surface area contributed by atoms with Crippen molar-refractivity contribution in [2.24, 2.45) is 0 Å². The Morgan fingerprint density at radius 3 is 2.34 bits per heavy atom. The maximum atomic E-state index is 12.1. The van der Waals surface area contributed by atoms with Crippen LogP contribution in [0.3, 0.4) is 0 Å². The Kier molecular flexibility index (Phi) is 5.32. The summed E-state index contributed by atoms with van der Waals surface area (Å²) in [6.45, 7) is 0.312. The van der Waals surface area contributed by atoms with E-state index in [1.807, 2.05) is 24.3 Å². The molecule has 0 bridgehead atoms. The number of aromatic carboxylic acids is 1. The van der Waals surface area contributed by atoms with Gasteiger partial charge in [0.2, 0.25) is 0 Å². The summed E-state index contributed by atoms with van der Waals surface area (Å²) < 4.78 is 5.43. The number of carboxylic acids is 1. The second-order valence-corrected chi connectivity index (χ2v) is 7.23. The summed E-state index contributed by atoms with van der Waals surface area (Å²) in [5.41, 5.74) is 5.27. The molecule has 1 aliphatic rings. The predicted molar refractivity (Wildman–Crippen MR) is 111 cm³/mol. The summed E-state index contributed by atoms with van der Waals surface area (Å²) in [5, 5.41) is 14.9. The van der Waals surface area contributed by atoms with Crippen LogP contribution >= 0.6 is 11.3 Å². The largest absolute Gasteiger partial charge is 0.478 e. The predicted octanol–water partition coefficient (Wildman–Crippen LogP) is 4.34. The van der Waals surface area contributed by atoms with Gasteiger partial charge in [-0.1, -0.05) is 60.4 Å². The number of carbonyl (C=O) groups is 2. The van der Waals surface area contributed by atoms with Crippen LogP contribution in [0.15, 0.2) is 59.3 Å². The lowest BCUT2D eigenvalue weighted by molar-refractivity contribution is 0.0697. The van der Waals surface area contributed by atoms with Gasteiger partial charge < -0.3 is 15.2 Å². The van der Waals surface area contributed by atoms with Gasteiger partial charge in [0.1, 0.15) is 6.61 Å². The first kappa shape index (κ1) is 18.8. The Hall–Kier alpha value is -3.56. The van der Waals surface area contributed by atoms with Crippen molar-refractivity contribution in [3.63, 3.8) is 0 Å². The Morgan fingerprint density at radius 2 is 1.69 bits per heavy atom. The number of nitrogens with one attached hydrogen (secondary N) is 1. The van der Waals surface area contributed by atoms with Crippen molar-refractivity contribution < 1.29 is 19.4 Å². The van der Waals surface area contributed by atoms with Crippen molar-refractivity contribution in [3.05, 3.63) is 81.5 Å². The lowest BCUT2D eigenvalue weighted by Gasteiger charge is -2.14. The highest BCUT2D eigenvalue weighted by atomic mass is 32.1.